The SMILES string of the molecule is Cc1cc(-n2c(C3CCOCC3)c(C3CCCCC3)c3ccccc32)ccc1F.O=CO. The molecule has 3 aromatic rings. The summed E-state index contributed by atoms with van der Waals surface area (Å²) in [5.74, 6) is 0.998. The lowest BCUT2D eigenvalue weighted by Crippen LogP contribution is -2.19. The molecule has 0 radical (unpaired) electrons. The molecule has 2 aromatic carbocycles. The Kier molecular flexibility index (Phi) is 7.26. The maximum absolute atomic E-state index is 14.1. The van der Waals surface area contributed by atoms with Gasteiger partial charge < -0.3 is 14.4 Å². The number of carboxylic acid groups (broad SMARTS) is 1. The molecule has 0 unspecified atom stereocenters. The van der Waals surface area contributed by atoms with E-state index in [1.807, 2.05) is 19.1 Å². The molecule has 2 heterocycles. The van der Waals surface area contributed by atoms with E-state index in [9.17, 15) is 4.39 Å². The van der Waals surface area contributed by atoms with Crippen molar-refractivity contribution in [2.24, 2.45) is 0 Å². The van der Waals surface area contributed by atoms with Crippen molar-refractivity contribution < 1.29 is 19.0 Å². The number of hydrogen-bond acceptors (Lipinski definition) is 2. The number of hydrogen-bond donors (Lipinski definition) is 1. The molecule has 1 aromatic heterocycles. The van der Waals surface area contributed by atoms with Gasteiger partial charge in [-0.05, 0) is 73.9 Å². The summed E-state index contributed by atoms with van der Waals surface area (Å²) in [5.41, 5.74) is 6.09. The van der Waals surface area contributed by atoms with E-state index >= 15 is 0 Å². The van der Waals surface area contributed by atoms with Gasteiger partial charge in [0.25, 0.3) is 6.47 Å². The second kappa shape index (κ2) is 10.3. The second-order valence-corrected chi connectivity index (χ2v) is 8.91. The highest BCUT2D eigenvalue weighted by Gasteiger charge is 2.31. The van der Waals surface area contributed by atoms with Gasteiger partial charge in [0.15, 0.2) is 0 Å². The number of halogens is 1. The summed E-state index contributed by atoms with van der Waals surface area (Å²) in [6.45, 7) is 3.28. The van der Waals surface area contributed by atoms with Gasteiger partial charge in [-0.15, -0.1) is 0 Å². The predicted octanol–water partition coefficient (Wildman–Crippen LogP) is 6.72. The third kappa shape index (κ3) is 4.44. The molecule has 0 bridgehead atoms. The van der Waals surface area contributed by atoms with Crippen molar-refractivity contribution >= 4 is 17.4 Å². The molecule has 170 valence electrons. The van der Waals surface area contributed by atoms with Gasteiger partial charge in [-0.25, -0.2) is 4.39 Å². The molecule has 0 amide bonds. The van der Waals surface area contributed by atoms with Gasteiger partial charge in [-0.2, -0.15) is 0 Å². The average Bonchev–Trinajstić information content (AvgIpc) is 3.18. The monoisotopic (exact) mass is 437 g/mol. The molecule has 5 rings (SSSR count). The molecule has 2 aliphatic rings. The smallest absolute Gasteiger partial charge is 0.290 e. The predicted molar refractivity (Wildman–Crippen MR) is 125 cm³/mol. The van der Waals surface area contributed by atoms with Gasteiger partial charge in [0.05, 0.1) is 5.52 Å². The Labute approximate surface area is 189 Å². The van der Waals surface area contributed by atoms with Crippen molar-refractivity contribution in [2.45, 2.75) is 63.7 Å². The van der Waals surface area contributed by atoms with Crippen molar-refractivity contribution in [3.63, 3.8) is 0 Å². The molecule has 1 saturated carbocycles. The van der Waals surface area contributed by atoms with E-state index in [0.29, 0.717) is 17.4 Å². The first-order chi connectivity index (χ1) is 15.7. The standard InChI is InChI=1S/C26H30FNO.CH2O2/c1-18-17-21(11-12-23(18)27)28-24-10-6-5-9-22(24)25(19-7-3-2-4-8-19)26(28)20-13-15-29-16-14-20;2-1-3/h5-6,9-12,17,19-20H,2-4,7-8,13-16H2,1H3;1H,(H,2,3). The highest BCUT2D eigenvalue weighted by molar-refractivity contribution is 5.88. The molecule has 1 saturated heterocycles. The summed E-state index contributed by atoms with van der Waals surface area (Å²) < 4.78 is 22.2. The van der Waals surface area contributed by atoms with E-state index in [2.05, 4.69) is 28.8 Å². The minimum Gasteiger partial charge on any atom is -0.483 e. The number of carbonyl (C=O) groups is 1. The van der Waals surface area contributed by atoms with E-state index in [4.69, 9.17) is 14.6 Å². The fraction of sp³-hybridized carbons (Fsp3) is 0.444. The number of fused-ring (bicyclic) bond motifs is 1. The van der Waals surface area contributed by atoms with Crippen LogP contribution in [0.15, 0.2) is 42.5 Å². The van der Waals surface area contributed by atoms with Crippen LogP contribution in [-0.2, 0) is 9.53 Å². The van der Waals surface area contributed by atoms with Crippen LogP contribution in [0.5, 0.6) is 0 Å². The Morgan fingerprint density at radius 3 is 2.38 bits per heavy atom. The molecule has 1 aliphatic heterocycles. The molecular weight excluding hydrogens is 405 g/mol. The minimum absolute atomic E-state index is 0.134. The Bertz CT molecular complexity index is 1060. The molecule has 0 spiro atoms. The van der Waals surface area contributed by atoms with Gasteiger partial charge in [0.2, 0.25) is 0 Å². The van der Waals surface area contributed by atoms with Crippen LogP contribution >= 0.6 is 0 Å². The quantitative estimate of drug-likeness (QED) is 0.463. The Morgan fingerprint density at radius 1 is 1.00 bits per heavy atom. The Balaban J connectivity index is 0.000000775. The van der Waals surface area contributed by atoms with Crippen LogP contribution < -0.4 is 0 Å². The molecule has 1 N–H and O–H groups in total. The number of benzene rings is 2. The van der Waals surface area contributed by atoms with Crippen molar-refractivity contribution in [1.29, 1.82) is 0 Å². The summed E-state index contributed by atoms with van der Waals surface area (Å²) in [5, 5.41) is 8.28. The first-order valence-electron chi connectivity index (χ1n) is 11.7. The van der Waals surface area contributed by atoms with Crippen LogP contribution in [0, 0.1) is 12.7 Å². The highest BCUT2D eigenvalue weighted by atomic mass is 19.1. The van der Waals surface area contributed by atoms with E-state index in [-0.39, 0.29) is 12.3 Å². The molecule has 0 atom stereocenters. The summed E-state index contributed by atoms with van der Waals surface area (Å²) in [4.78, 5) is 8.36. The van der Waals surface area contributed by atoms with Crippen LogP contribution in [0.1, 0.15) is 73.6 Å². The first-order valence-corrected chi connectivity index (χ1v) is 11.7. The van der Waals surface area contributed by atoms with Crippen molar-refractivity contribution in [1.82, 2.24) is 4.57 Å². The van der Waals surface area contributed by atoms with Crippen molar-refractivity contribution in [2.75, 3.05) is 13.2 Å². The molecule has 32 heavy (non-hydrogen) atoms. The lowest BCUT2D eigenvalue weighted by molar-refractivity contribution is -0.122. The van der Waals surface area contributed by atoms with Gasteiger partial charge in [-0.3, -0.25) is 4.79 Å². The highest BCUT2D eigenvalue weighted by Crippen LogP contribution is 2.45. The van der Waals surface area contributed by atoms with E-state index in [0.717, 1.165) is 31.7 Å². The zero-order chi connectivity index (χ0) is 22.5. The largest absolute Gasteiger partial charge is 0.483 e. The summed E-state index contributed by atoms with van der Waals surface area (Å²) in [6, 6.07) is 14.4. The zero-order valence-electron chi connectivity index (χ0n) is 18.7. The van der Waals surface area contributed by atoms with Crippen LogP contribution in [0.25, 0.3) is 16.6 Å². The zero-order valence-corrected chi connectivity index (χ0v) is 18.7. The lowest BCUT2D eigenvalue weighted by atomic mass is 9.80. The van der Waals surface area contributed by atoms with Crippen molar-refractivity contribution in [3.05, 3.63) is 65.1 Å². The Morgan fingerprint density at radius 2 is 1.69 bits per heavy atom. The third-order valence-corrected chi connectivity index (χ3v) is 6.97. The third-order valence-electron chi connectivity index (χ3n) is 6.97. The van der Waals surface area contributed by atoms with Crippen LogP contribution in [0.4, 0.5) is 4.39 Å². The normalized spacial score (nSPS) is 17.7. The van der Waals surface area contributed by atoms with Crippen LogP contribution in [0.2, 0.25) is 0 Å². The molecule has 4 nitrogen and oxygen atoms in total. The number of aryl methyl sites for hydroxylation is 1. The Hall–Kier alpha value is -2.66. The van der Waals surface area contributed by atoms with E-state index in [1.165, 1.54) is 48.7 Å². The van der Waals surface area contributed by atoms with E-state index < -0.39 is 0 Å². The topological polar surface area (TPSA) is 51.5 Å². The number of para-hydroxylation sites is 1. The maximum atomic E-state index is 14.1. The lowest BCUT2D eigenvalue weighted by Gasteiger charge is -2.29. The fourth-order valence-corrected chi connectivity index (χ4v) is 5.52. The summed E-state index contributed by atoms with van der Waals surface area (Å²) >= 11 is 0. The average molecular weight is 438 g/mol. The van der Waals surface area contributed by atoms with Gasteiger partial charge in [0, 0.05) is 35.9 Å². The van der Waals surface area contributed by atoms with Crippen LogP contribution in [0.3, 0.4) is 0 Å². The van der Waals surface area contributed by atoms with E-state index in [1.54, 1.807) is 11.6 Å². The van der Waals surface area contributed by atoms with Gasteiger partial charge in [-0.1, -0.05) is 37.5 Å². The van der Waals surface area contributed by atoms with Gasteiger partial charge in [0.1, 0.15) is 5.82 Å². The van der Waals surface area contributed by atoms with Crippen LogP contribution in [-0.4, -0.2) is 29.4 Å². The molecule has 2 fully saturated rings. The number of aromatic nitrogens is 1. The molecule has 5 heteroatoms. The number of ether oxygens (including phenoxy) is 1. The van der Waals surface area contributed by atoms with Crippen molar-refractivity contribution in [3.8, 4) is 5.69 Å². The second-order valence-electron chi connectivity index (χ2n) is 8.91. The summed E-state index contributed by atoms with van der Waals surface area (Å²) in [7, 11) is 0. The molecule has 1 aliphatic carbocycles. The number of rotatable bonds is 3. The maximum Gasteiger partial charge on any atom is 0.290 e. The van der Waals surface area contributed by atoms with Gasteiger partial charge >= 0.3 is 0 Å². The number of nitrogens with zero attached hydrogens (tertiary/aromatic N) is 1. The summed E-state index contributed by atoms with van der Waals surface area (Å²) in [6.07, 6.45) is 8.71. The molecular formula is C27H32FNO3. The minimum atomic E-state index is -0.250. The first kappa shape index (κ1) is 22.5. The fourth-order valence-electron chi connectivity index (χ4n) is 5.52.